The molecule has 0 bridgehead atoms. The molecule has 33 heavy (non-hydrogen) atoms. The molecule has 3 rings (SSSR count). The highest BCUT2D eigenvalue weighted by molar-refractivity contribution is 6.01. The summed E-state index contributed by atoms with van der Waals surface area (Å²) in [5, 5.41) is 1.03. The highest BCUT2D eigenvalue weighted by Gasteiger charge is 2.39. The van der Waals surface area contributed by atoms with Crippen LogP contribution in [-0.2, 0) is 39.8 Å². The summed E-state index contributed by atoms with van der Waals surface area (Å²) < 4.78 is 26.7. The molecule has 0 N–H and O–H groups in total. The molecule has 176 valence electrons. The summed E-state index contributed by atoms with van der Waals surface area (Å²) in [5.41, 5.74) is 0.335. The van der Waals surface area contributed by atoms with Gasteiger partial charge in [0, 0.05) is 30.2 Å². The van der Waals surface area contributed by atoms with Crippen molar-refractivity contribution < 1.29 is 42.9 Å². The van der Waals surface area contributed by atoms with Crippen LogP contribution in [0.4, 0.5) is 0 Å². The zero-order valence-corrected chi connectivity index (χ0v) is 19.0. The Morgan fingerprint density at radius 2 is 1.61 bits per heavy atom. The summed E-state index contributed by atoms with van der Waals surface area (Å²) in [6.45, 7) is 4.83. The van der Waals surface area contributed by atoms with E-state index in [2.05, 4.69) is 0 Å². The van der Waals surface area contributed by atoms with Gasteiger partial charge in [0.05, 0.1) is 26.7 Å². The number of ketones is 1. The normalized spacial score (nSPS) is 15.6. The van der Waals surface area contributed by atoms with Crippen molar-refractivity contribution in [1.82, 2.24) is 0 Å². The molecule has 2 aromatic carbocycles. The lowest BCUT2D eigenvalue weighted by atomic mass is 9.90. The van der Waals surface area contributed by atoms with E-state index >= 15 is 0 Å². The number of benzene rings is 2. The second-order valence-electron chi connectivity index (χ2n) is 7.85. The van der Waals surface area contributed by atoms with E-state index in [-0.39, 0.29) is 24.3 Å². The minimum atomic E-state index is -1.22. The number of rotatable bonds is 8. The van der Waals surface area contributed by atoms with Crippen LogP contribution in [0.2, 0.25) is 0 Å². The van der Waals surface area contributed by atoms with Crippen molar-refractivity contribution in [3.8, 4) is 11.5 Å². The van der Waals surface area contributed by atoms with Gasteiger partial charge in [-0.3, -0.25) is 19.2 Å². The summed E-state index contributed by atoms with van der Waals surface area (Å²) in [4.78, 5) is 49.2. The minimum Gasteiger partial charge on any atom is -0.468 e. The molecule has 1 aliphatic heterocycles. The molecular weight excluding hydrogens is 432 g/mol. The van der Waals surface area contributed by atoms with Gasteiger partial charge in [-0.25, -0.2) is 0 Å². The SMILES string of the molecule is COC(=O)C(Cc1cc(OC(C)=O)c2ccccc2c1OC(C)=O)C(=O)CC1(C)OCCO1. The van der Waals surface area contributed by atoms with E-state index in [9.17, 15) is 19.2 Å². The molecule has 0 radical (unpaired) electrons. The van der Waals surface area contributed by atoms with Gasteiger partial charge in [0.2, 0.25) is 0 Å². The fraction of sp³-hybridized carbons (Fsp3) is 0.417. The molecule has 1 atom stereocenters. The first-order valence-corrected chi connectivity index (χ1v) is 10.4. The van der Waals surface area contributed by atoms with Gasteiger partial charge in [0.15, 0.2) is 11.6 Å². The highest BCUT2D eigenvalue weighted by atomic mass is 16.7. The Bertz CT molecular complexity index is 1080. The van der Waals surface area contributed by atoms with Gasteiger partial charge in [0.25, 0.3) is 0 Å². The second kappa shape index (κ2) is 10.1. The number of esters is 3. The third-order valence-electron chi connectivity index (χ3n) is 5.23. The summed E-state index contributed by atoms with van der Waals surface area (Å²) in [6, 6.07) is 8.38. The summed E-state index contributed by atoms with van der Waals surface area (Å²) in [6.07, 6.45) is -0.316. The quantitative estimate of drug-likeness (QED) is 0.335. The van der Waals surface area contributed by atoms with Crippen LogP contribution in [0, 0.1) is 5.92 Å². The molecule has 0 saturated carbocycles. The summed E-state index contributed by atoms with van der Waals surface area (Å²) in [5.74, 6) is -4.29. The first kappa shape index (κ1) is 24.3. The maximum Gasteiger partial charge on any atom is 0.316 e. The zero-order valence-electron chi connectivity index (χ0n) is 19.0. The van der Waals surface area contributed by atoms with Crippen LogP contribution < -0.4 is 9.47 Å². The third-order valence-corrected chi connectivity index (χ3v) is 5.23. The largest absolute Gasteiger partial charge is 0.468 e. The number of hydrogen-bond acceptors (Lipinski definition) is 9. The van der Waals surface area contributed by atoms with E-state index < -0.39 is 35.4 Å². The zero-order chi connectivity index (χ0) is 24.2. The standard InChI is InChI=1S/C24H26O9/c1-14(25)32-21-12-16(22(33-15(2)26)18-8-6-5-7-17(18)21)11-19(23(28)29-4)20(27)13-24(3)30-9-10-31-24/h5-8,12,19H,9-11,13H2,1-4H3. The highest BCUT2D eigenvalue weighted by Crippen LogP contribution is 2.39. The Labute approximate surface area is 190 Å². The van der Waals surface area contributed by atoms with Crippen LogP contribution >= 0.6 is 0 Å². The molecule has 0 aromatic heterocycles. The second-order valence-corrected chi connectivity index (χ2v) is 7.85. The van der Waals surface area contributed by atoms with Gasteiger partial charge in [-0.05, 0) is 19.4 Å². The average Bonchev–Trinajstić information content (AvgIpc) is 3.18. The van der Waals surface area contributed by atoms with Crippen molar-refractivity contribution in [3.05, 3.63) is 35.9 Å². The van der Waals surface area contributed by atoms with E-state index in [0.717, 1.165) is 0 Å². The lowest BCUT2D eigenvalue weighted by Crippen LogP contribution is -2.36. The van der Waals surface area contributed by atoms with Crippen LogP contribution in [0.25, 0.3) is 10.8 Å². The fourth-order valence-electron chi connectivity index (χ4n) is 3.81. The van der Waals surface area contributed by atoms with Crippen LogP contribution in [0.1, 0.15) is 32.8 Å². The first-order chi connectivity index (χ1) is 15.6. The van der Waals surface area contributed by atoms with Crippen LogP contribution in [0.5, 0.6) is 11.5 Å². The van der Waals surface area contributed by atoms with Crippen molar-refractivity contribution in [3.63, 3.8) is 0 Å². The predicted octanol–water partition coefficient (Wildman–Crippen LogP) is 2.74. The fourth-order valence-corrected chi connectivity index (χ4v) is 3.81. The van der Waals surface area contributed by atoms with Crippen LogP contribution in [-0.4, -0.2) is 49.8 Å². The van der Waals surface area contributed by atoms with Crippen molar-refractivity contribution in [1.29, 1.82) is 0 Å². The Morgan fingerprint density at radius 1 is 1.00 bits per heavy atom. The van der Waals surface area contributed by atoms with Gasteiger partial charge in [-0.2, -0.15) is 0 Å². The molecule has 1 fully saturated rings. The molecule has 1 heterocycles. The van der Waals surface area contributed by atoms with E-state index in [1.807, 2.05) is 0 Å². The molecule has 9 nitrogen and oxygen atoms in total. The number of hydrogen-bond donors (Lipinski definition) is 0. The molecule has 0 amide bonds. The molecule has 0 aliphatic carbocycles. The van der Waals surface area contributed by atoms with E-state index in [0.29, 0.717) is 29.5 Å². The topological polar surface area (TPSA) is 114 Å². The van der Waals surface area contributed by atoms with Crippen molar-refractivity contribution in [2.75, 3.05) is 20.3 Å². The van der Waals surface area contributed by atoms with Gasteiger partial charge in [-0.1, -0.05) is 24.3 Å². The average molecular weight is 458 g/mol. The lowest BCUT2D eigenvalue weighted by Gasteiger charge is -2.24. The maximum absolute atomic E-state index is 13.1. The Morgan fingerprint density at radius 3 is 2.18 bits per heavy atom. The van der Waals surface area contributed by atoms with Gasteiger partial charge < -0.3 is 23.7 Å². The Balaban J connectivity index is 2.07. The van der Waals surface area contributed by atoms with Crippen LogP contribution in [0.3, 0.4) is 0 Å². The molecular formula is C24H26O9. The van der Waals surface area contributed by atoms with Crippen molar-refractivity contribution in [2.45, 2.75) is 39.4 Å². The van der Waals surface area contributed by atoms with Gasteiger partial charge >= 0.3 is 17.9 Å². The van der Waals surface area contributed by atoms with Gasteiger partial charge in [0.1, 0.15) is 17.4 Å². The molecule has 1 saturated heterocycles. The summed E-state index contributed by atoms with van der Waals surface area (Å²) >= 11 is 0. The third kappa shape index (κ3) is 5.74. The molecule has 1 aliphatic rings. The molecule has 1 unspecified atom stereocenters. The number of carbonyl (C=O) groups is 4. The molecule has 9 heteroatoms. The predicted molar refractivity (Wildman–Crippen MR) is 116 cm³/mol. The van der Waals surface area contributed by atoms with Crippen molar-refractivity contribution in [2.24, 2.45) is 5.92 Å². The number of carbonyl (C=O) groups excluding carboxylic acids is 4. The van der Waals surface area contributed by atoms with Crippen LogP contribution in [0.15, 0.2) is 30.3 Å². The summed E-state index contributed by atoms with van der Waals surface area (Å²) in [7, 11) is 1.19. The Hall–Kier alpha value is -3.30. The van der Waals surface area contributed by atoms with E-state index in [4.69, 9.17) is 23.7 Å². The first-order valence-electron chi connectivity index (χ1n) is 10.4. The van der Waals surface area contributed by atoms with Gasteiger partial charge in [-0.15, -0.1) is 0 Å². The maximum atomic E-state index is 13.1. The van der Waals surface area contributed by atoms with E-state index in [1.54, 1.807) is 31.2 Å². The lowest BCUT2D eigenvalue weighted by molar-refractivity contribution is -0.165. The molecule has 0 spiro atoms. The smallest absolute Gasteiger partial charge is 0.316 e. The molecule has 2 aromatic rings. The Kier molecular flexibility index (Phi) is 7.45. The number of methoxy groups -OCH3 is 1. The minimum absolute atomic E-state index is 0.150. The van der Waals surface area contributed by atoms with E-state index in [1.165, 1.54) is 27.0 Å². The number of ether oxygens (including phenoxy) is 5. The number of fused-ring (bicyclic) bond motifs is 1. The number of Topliss-reactive ketones (excluding diaryl/α,β-unsaturated/α-hetero) is 1. The van der Waals surface area contributed by atoms with Crippen molar-refractivity contribution >= 4 is 34.5 Å². The monoisotopic (exact) mass is 458 g/mol.